The Kier molecular flexibility index (Phi) is 4.60. The molecule has 0 fully saturated rings. The number of rotatable bonds is 5. The minimum Gasteiger partial charge on any atom is -0.327 e. The first kappa shape index (κ1) is 11.2. The second-order valence-electron chi connectivity index (χ2n) is 4.07. The molecule has 0 saturated carbocycles. The fourth-order valence-electron chi connectivity index (χ4n) is 1.59. The zero-order chi connectivity index (χ0) is 10.4. The van der Waals surface area contributed by atoms with Crippen LogP contribution in [0.5, 0.6) is 0 Å². The van der Waals surface area contributed by atoms with E-state index < -0.39 is 0 Å². The van der Waals surface area contributed by atoms with E-state index in [1.807, 2.05) is 12.3 Å². The van der Waals surface area contributed by atoms with Crippen molar-refractivity contribution in [2.45, 2.75) is 39.2 Å². The molecule has 0 aliphatic rings. The molecule has 2 heteroatoms. The van der Waals surface area contributed by atoms with E-state index in [4.69, 9.17) is 5.73 Å². The van der Waals surface area contributed by atoms with E-state index in [2.05, 4.69) is 24.9 Å². The summed E-state index contributed by atoms with van der Waals surface area (Å²) < 4.78 is 0. The molecule has 0 saturated heterocycles. The average Bonchev–Trinajstić information content (AvgIpc) is 2.19. The molecule has 1 rings (SSSR count). The van der Waals surface area contributed by atoms with Crippen LogP contribution in [0, 0.1) is 5.92 Å². The van der Waals surface area contributed by atoms with E-state index in [0.717, 1.165) is 18.8 Å². The summed E-state index contributed by atoms with van der Waals surface area (Å²) in [6, 6.07) is 4.32. The van der Waals surface area contributed by atoms with Gasteiger partial charge in [-0.05, 0) is 30.4 Å². The van der Waals surface area contributed by atoms with Crippen LogP contribution in [0.1, 0.15) is 32.3 Å². The van der Waals surface area contributed by atoms with Crippen molar-refractivity contribution in [3.8, 4) is 0 Å². The fourth-order valence-corrected chi connectivity index (χ4v) is 1.59. The van der Waals surface area contributed by atoms with Crippen LogP contribution in [0.2, 0.25) is 0 Å². The largest absolute Gasteiger partial charge is 0.327 e. The molecule has 1 aromatic rings. The molecule has 0 radical (unpaired) electrons. The zero-order valence-corrected chi connectivity index (χ0v) is 9.11. The fraction of sp³-hybridized carbons (Fsp3) is 0.583. The minimum absolute atomic E-state index is 0.272. The molecule has 0 aliphatic heterocycles. The summed E-state index contributed by atoms with van der Waals surface area (Å²) in [5, 5.41) is 0. The molecular formula is C12H20N2. The quantitative estimate of drug-likeness (QED) is 0.778. The number of nitrogens with two attached hydrogens (primary N) is 1. The summed E-state index contributed by atoms with van der Waals surface area (Å²) in [7, 11) is 0. The maximum absolute atomic E-state index is 6.05. The maximum Gasteiger partial charge on any atom is 0.0300 e. The van der Waals surface area contributed by atoms with E-state index in [-0.39, 0.29) is 6.04 Å². The van der Waals surface area contributed by atoms with Gasteiger partial charge >= 0.3 is 0 Å². The van der Waals surface area contributed by atoms with Crippen LogP contribution in [-0.2, 0) is 6.42 Å². The van der Waals surface area contributed by atoms with Crippen molar-refractivity contribution in [2.24, 2.45) is 11.7 Å². The SMILES string of the molecule is CCC(C)CC(N)Cc1cccnc1. The normalized spacial score (nSPS) is 15.1. The molecule has 2 unspecified atom stereocenters. The van der Waals surface area contributed by atoms with Gasteiger partial charge in [-0.3, -0.25) is 4.98 Å². The Balaban J connectivity index is 2.37. The van der Waals surface area contributed by atoms with E-state index in [0.29, 0.717) is 0 Å². The lowest BCUT2D eigenvalue weighted by Gasteiger charge is -2.15. The summed E-state index contributed by atoms with van der Waals surface area (Å²) in [5.74, 6) is 0.724. The van der Waals surface area contributed by atoms with Crippen molar-refractivity contribution in [1.29, 1.82) is 0 Å². The standard InChI is InChI=1S/C12H20N2/c1-3-10(2)7-12(13)8-11-5-4-6-14-9-11/h4-6,9-10,12H,3,7-8,13H2,1-2H3. The van der Waals surface area contributed by atoms with Gasteiger partial charge in [-0.25, -0.2) is 0 Å². The molecule has 0 amide bonds. The van der Waals surface area contributed by atoms with Crippen LogP contribution in [0.4, 0.5) is 0 Å². The molecule has 1 aromatic heterocycles. The third-order valence-corrected chi connectivity index (χ3v) is 2.62. The Bertz CT molecular complexity index is 246. The molecule has 14 heavy (non-hydrogen) atoms. The molecule has 0 bridgehead atoms. The zero-order valence-electron chi connectivity index (χ0n) is 9.11. The summed E-state index contributed by atoms with van der Waals surface area (Å²) >= 11 is 0. The first-order valence-corrected chi connectivity index (χ1v) is 5.36. The third-order valence-electron chi connectivity index (χ3n) is 2.62. The van der Waals surface area contributed by atoms with Gasteiger partial charge in [-0.15, -0.1) is 0 Å². The lowest BCUT2D eigenvalue weighted by molar-refractivity contribution is 0.450. The van der Waals surface area contributed by atoms with Gasteiger partial charge < -0.3 is 5.73 Å². The van der Waals surface area contributed by atoms with Gasteiger partial charge in [0.25, 0.3) is 0 Å². The monoisotopic (exact) mass is 192 g/mol. The molecule has 2 nitrogen and oxygen atoms in total. The Labute approximate surface area is 86.5 Å². The number of nitrogens with zero attached hydrogens (tertiary/aromatic N) is 1. The molecule has 78 valence electrons. The number of pyridine rings is 1. The summed E-state index contributed by atoms with van der Waals surface area (Å²) in [5.41, 5.74) is 7.29. The van der Waals surface area contributed by atoms with Gasteiger partial charge in [-0.2, -0.15) is 0 Å². The second-order valence-corrected chi connectivity index (χ2v) is 4.07. The van der Waals surface area contributed by atoms with Crippen molar-refractivity contribution in [3.63, 3.8) is 0 Å². The van der Waals surface area contributed by atoms with Crippen LogP contribution in [0.3, 0.4) is 0 Å². The molecule has 1 heterocycles. The number of aromatic nitrogens is 1. The molecule has 2 atom stereocenters. The predicted octanol–water partition coefficient (Wildman–Crippen LogP) is 2.39. The predicted molar refractivity (Wildman–Crippen MR) is 60.0 cm³/mol. The first-order valence-electron chi connectivity index (χ1n) is 5.36. The molecule has 2 N–H and O–H groups in total. The van der Waals surface area contributed by atoms with Crippen LogP contribution in [0.25, 0.3) is 0 Å². The van der Waals surface area contributed by atoms with Gasteiger partial charge in [0.2, 0.25) is 0 Å². The van der Waals surface area contributed by atoms with E-state index in [9.17, 15) is 0 Å². The van der Waals surface area contributed by atoms with E-state index >= 15 is 0 Å². The molecule has 0 aromatic carbocycles. The summed E-state index contributed by atoms with van der Waals surface area (Å²) in [4.78, 5) is 4.08. The van der Waals surface area contributed by atoms with E-state index in [1.54, 1.807) is 6.20 Å². The van der Waals surface area contributed by atoms with Crippen molar-refractivity contribution in [3.05, 3.63) is 30.1 Å². The van der Waals surface area contributed by atoms with Crippen molar-refractivity contribution in [2.75, 3.05) is 0 Å². The van der Waals surface area contributed by atoms with Gasteiger partial charge in [0.15, 0.2) is 0 Å². The van der Waals surface area contributed by atoms with E-state index in [1.165, 1.54) is 12.0 Å². The Morgan fingerprint density at radius 2 is 2.29 bits per heavy atom. The van der Waals surface area contributed by atoms with Crippen LogP contribution < -0.4 is 5.73 Å². The molecular weight excluding hydrogens is 172 g/mol. The Morgan fingerprint density at radius 3 is 2.86 bits per heavy atom. The highest BCUT2D eigenvalue weighted by Crippen LogP contribution is 2.11. The third kappa shape index (κ3) is 3.88. The van der Waals surface area contributed by atoms with Crippen LogP contribution >= 0.6 is 0 Å². The second kappa shape index (κ2) is 5.76. The van der Waals surface area contributed by atoms with Gasteiger partial charge in [-0.1, -0.05) is 26.3 Å². The minimum atomic E-state index is 0.272. The summed E-state index contributed by atoms with van der Waals surface area (Å²) in [6.07, 6.45) is 6.95. The van der Waals surface area contributed by atoms with Crippen molar-refractivity contribution >= 4 is 0 Å². The lowest BCUT2D eigenvalue weighted by atomic mass is 9.96. The average molecular weight is 192 g/mol. The highest BCUT2D eigenvalue weighted by Gasteiger charge is 2.08. The maximum atomic E-state index is 6.05. The van der Waals surface area contributed by atoms with Crippen molar-refractivity contribution < 1.29 is 0 Å². The van der Waals surface area contributed by atoms with Crippen LogP contribution in [-0.4, -0.2) is 11.0 Å². The van der Waals surface area contributed by atoms with Gasteiger partial charge in [0.05, 0.1) is 0 Å². The summed E-state index contributed by atoms with van der Waals surface area (Å²) in [6.45, 7) is 4.46. The highest BCUT2D eigenvalue weighted by molar-refractivity contribution is 5.09. The Hall–Kier alpha value is -0.890. The first-order chi connectivity index (χ1) is 6.72. The lowest BCUT2D eigenvalue weighted by Crippen LogP contribution is -2.25. The van der Waals surface area contributed by atoms with Gasteiger partial charge in [0, 0.05) is 18.4 Å². The number of hydrogen-bond donors (Lipinski definition) is 1. The highest BCUT2D eigenvalue weighted by atomic mass is 14.6. The Morgan fingerprint density at radius 1 is 1.50 bits per heavy atom. The van der Waals surface area contributed by atoms with Crippen LogP contribution in [0.15, 0.2) is 24.5 Å². The van der Waals surface area contributed by atoms with Crippen molar-refractivity contribution in [1.82, 2.24) is 4.98 Å². The number of hydrogen-bond acceptors (Lipinski definition) is 2. The smallest absolute Gasteiger partial charge is 0.0300 e. The molecule has 0 aliphatic carbocycles. The molecule has 0 spiro atoms. The van der Waals surface area contributed by atoms with Gasteiger partial charge in [0.1, 0.15) is 0 Å². The topological polar surface area (TPSA) is 38.9 Å².